The predicted molar refractivity (Wildman–Crippen MR) is 50.7 cm³/mol. The molecule has 13 heavy (non-hydrogen) atoms. The summed E-state index contributed by atoms with van der Waals surface area (Å²) in [5.41, 5.74) is 0.972. The maximum absolute atomic E-state index is 10.6. The minimum atomic E-state index is -3.79. The van der Waals surface area contributed by atoms with Gasteiger partial charge >= 0.3 is 0 Å². The van der Waals surface area contributed by atoms with Gasteiger partial charge in [0.1, 0.15) is 0 Å². The van der Waals surface area contributed by atoms with Crippen LogP contribution in [-0.4, -0.2) is 13.4 Å². The third-order valence-corrected chi connectivity index (χ3v) is 2.03. The lowest BCUT2D eigenvalue weighted by atomic mass is 10.3. The van der Waals surface area contributed by atoms with Gasteiger partial charge in [-0.1, -0.05) is 11.6 Å². The van der Waals surface area contributed by atoms with Crippen molar-refractivity contribution in [3.63, 3.8) is 0 Å². The highest BCUT2D eigenvalue weighted by molar-refractivity contribution is 7.90. The van der Waals surface area contributed by atoms with E-state index in [0.717, 1.165) is 5.56 Å². The van der Waals surface area contributed by atoms with E-state index in [-0.39, 0.29) is 10.8 Å². The fourth-order valence-corrected chi connectivity index (χ4v) is 1.45. The molecule has 5 nitrogen and oxygen atoms in total. The SMILES string of the molecule is Cc1cnc(Cl)c(NS(N)(=O)=O)c1. The Balaban J connectivity index is 3.08. The van der Waals surface area contributed by atoms with Crippen LogP contribution in [0.2, 0.25) is 5.15 Å². The first-order valence-electron chi connectivity index (χ1n) is 3.31. The average Bonchev–Trinajstić information content (AvgIpc) is 1.94. The molecule has 0 saturated carbocycles. The van der Waals surface area contributed by atoms with Crippen LogP contribution in [0.1, 0.15) is 5.56 Å². The molecule has 0 bridgehead atoms. The van der Waals surface area contributed by atoms with Gasteiger partial charge in [0.25, 0.3) is 10.2 Å². The van der Waals surface area contributed by atoms with Crippen molar-refractivity contribution < 1.29 is 8.42 Å². The first kappa shape index (κ1) is 10.2. The van der Waals surface area contributed by atoms with Crippen molar-refractivity contribution in [3.8, 4) is 0 Å². The number of rotatable bonds is 2. The Morgan fingerprint density at radius 1 is 1.62 bits per heavy atom. The highest BCUT2D eigenvalue weighted by atomic mass is 35.5. The third kappa shape index (κ3) is 3.17. The summed E-state index contributed by atoms with van der Waals surface area (Å²) in [6.45, 7) is 1.76. The Morgan fingerprint density at radius 3 is 2.77 bits per heavy atom. The maximum atomic E-state index is 10.6. The highest BCUT2D eigenvalue weighted by Crippen LogP contribution is 2.19. The summed E-state index contributed by atoms with van der Waals surface area (Å²) in [6.07, 6.45) is 1.52. The molecule has 1 aromatic rings. The number of hydrogen-bond acceptors (Lipinski definition) is 3. The Hall–Kier alpha value is -0.850. The van der Waals surface area contributed by atoms with Gasteiger partial charge < -0.3 is 0 Å². The lowest BCUT2D eigenvalue weighted by Crippen LogP contribution is -2.22. The third-order valence-electron chi connectivity index (χ3n) is 1.23. The summed E-state index contributed by atoms with van der Waals surface area (Å²) in [5, 5.41) is 4.83. The minimum Gasteiger partial charge on any atom is -0.268 e. The zero-order chi connectivity index (χ0) is 10.1. The fraction of sp³-hybridized carbons (Fsp3) is 0.167. The maximum Gasteiger partial charge on any atom is 0.296 e. The van der Waals surface area contributed by atoms with Crippen LogP contribution in [0.5, 0.6) is 0 Å². The van der Waals surface area contributed by atoms with Gasteiger partial charge in [0.05, 0.1) is 5.69 Å². The van der Waals surface area contributed by atoms with Crippen LogP contribution in [0.15, 0.2) is 12.3 Å². The first-order chi connectivity index (χ1) is 5.88. The zero-order valence-electron chi connectivity index (χ0n) is 6.78. The number of hydrogen-bond donors (Lipinski definition) is 2. The number of aromatic nitrogens is 1. The van der Waals surface area contributed by atoms with E-state index in [1.807, 2.05) is 4.72 Å². The summed E-state index contributed by atoms with van der Waals surface area (Å²) < 4.78 is 23.3. The van der Waals surface area contributed by atoms with Gasteiger partial charge in [-0.3, -0.25) is 4.72 Å². The van der Waals surface area contributed by atoms with Gasteiger partial charge in [-0.15, -0.1) is 0 Å². The van der Waals surface area contributed by atoms with Crippen molar-refractivity contribution in [1.29, 1.82) is 0 Å². The average molecular weight is 222 g/mol. The number of pyridine rings is 1. The summed E-state index contributed by atoms with van der Waals surface area (Å²) >= 11 is 5.61. The van der Waals surface area contributed by atoms with Crippen molar-refractivity contribution in [3.05, 3.63) is 23.0 Å². The molecule has 1 rings (SSSR count). The molecule has 0 unspecified atom stereocenters. The molecule has 0 aromatic carbocycles. The summed E-state index contributed by atoms with van der Waals surface area (Å²) in [7, 11) is -3.79. The zero-order valence-corrected chi connectivity index (χ0v) is 8.35. The van der Waals surface area contributed by atoms with E-state index in [0.29, 0.717) is 0 Å². The molecule has 1 heterocycles. The van der Waals surface area contributed by atoms with Crippen molar-refractivity contribution in [2.75, 3.05) is 4.72 Å². The molecule has 0 atom stereocenters. The molecule has 0 saturated heterocycles. The highest BCUT2D eigenvalue weighted by Gasteiger charge is 2.07. The molecule has 72 valence electrons. The van der Waals surface area contributed by atoms with E-state index in [2.05, 4.69) is 4.98 Å². The van der Waals surface area contributed by atoms with E-state index in [1.54, 1.807) is 13.0 Å². The van der Waals surface area contributed by atoms with Gasteiger partial charge in [0.2, 0.25) is 0 Å². The summed E-state index contributed by atoms with van der Waals surface area (Å²) in [5.74, 6) is 0. The number of nitrogens with zero attached hydrogens (tertiary/aromatic N) is 1. The van der Waals surface area contributed by atoms with Crippen LogP contribution in [-0.2, 0) is 10.2 Å². The quantitative estimate of drug-likeness (QED) is 0.720. The van der Waals surface area contributed by atoms with Crippen molar-refractivity contribution in [1.82, 2.24) is 4.98 Å². The normalized spacial score (nSPS) is 11.3. The molecule has 0 fully saturated rings. The van der Waals surface area contributed by atoms with E-state index < -0.39 is 10.2 Å². The van der Waals surface area contributed by atoms with E-state index in [9.17, 15) is 8.42 Å². The molecular formula is C6H8ClN3O2S. The number of anilines is 1. The fourth-order valence-electron chi connectivity index (χ4n) is 0.777. The number of aryl methyl sites for hydroxylation is 1. The topological polar surface area (TPSA) is 85.1 Å². The number of nitrogens with two attached hydrogens (primary N) is 1. The molecule has 0 aliphatic rings. The van der Waals surface area contributed by atoms with Gasteiger partial charge in [-0.2, -0.15) is 8.42 Å². The predicted octanol–water partition coefficient (Wildman–Crippen LogP) is 0.659. The van der Waals surface area contributed by atoms with Crippen molar-refractivity contribution >= 4 is 27.5 Å². The van der Waals surface area contributed by atoms with Gasteiger partial charge in [-0.25, -0.2) is 10.1 Å². The van der Waals surface area contributed by atoms with Gasteiger partial charge in [0, 0.05) is 6.20 Å². The number of halogens is 1. The van der Waals surface area contributed by atoms with Crippen molar-refractivity contribution in [2.45, 2.75) is 6.92 Å². The van der Waals surface area contributed by atoms with Gasteiger partial charge in [0.15, 0.2) is 5.15 Å². The lowest BCUT2D eigenvalue weighted by Gasteiger charge is -2.05. The molecular weight excluding hydrogens is 214 g/mol. The van der Waals surface area contributed by atoms with Crippen LogP contribution < -0.4 is 9.86 Å². The standard InChI is InChI=1S/C6H8ClN3O2S/c1-4-2-5(6(7)9-3-4)10-13(8,11)12/h2-3,10H,1H3,(H2,8,11,12). The molecule has 0 aliphatic heterocycles. The molecule has 0 amide bonds. The molecule has 0 radical (unpaired) electrons. The van der Waals surface area contributed by atoms with E-state index in [1.165, 1.54) is 6.20 Å². The molecule has 7 heteroatoms. The van der Waals surface area contributed by atoms with E-state index >= 15 is 0 Å². The van der Waals surface area contributed by atoms with Crippen LogP contribution in [0.25, 0.3) is 0 Å². The number of nitrogens with one attached hydrogen (secondary N) is 1. The second-order valence-electron chi connectivity index (χ2n) is 2.50. The molecule has 1 aromatic heterocycles. The Bertz CT molecular complexity index is 418. The smallest absolute Gasteiger partial charge is 0.268 e. The monoisotopic (exact) mass is 221 g/mol. The summed E-state index contributed by atoms with van der Waals surface area (Å²) in [4.78, 5) is 3.75. The van der Waals surface area contributed by atoms with E-state index in [4.69, 9.17) is 16.7 Å². The second-order valence-corrected chi connectivity index (χ2v) is 4.15. The van der Waals surface area contributed by atoms with Gasteiger partial charge in [-0.05, 0) is 18.6 Å². The van der Waals surface area contributed by atoms with Crippen LogP contribution in [0.4, 0.5) is 5.69 Å². The molecule has 0 aliphatic carbocycles. The van der Waals surface area contributed by atoms with Crippen molar-refractivity contribution in [2.24, 2.45) is 5.14 Å². The second kappa shape index (κ2) is 3.49. The van der Waals surface area contributed by atoms with Crippen LogP contribution in [0.3, 0.4) is 0 Å². The molecule has 3 N–H and O–H groups in total. The van der Waals surface area contributed by atoms with Crippen LogP contribution in [0, 0.1) is 6.92 Å². The Morgan fingerprint density at radius 2 is 2.23 bits per heavy atom. The largest absolute Gasteiger partial charge is 0.296 e. The summed E-state index contributed by atoms with van der Waals surface area (Å²) in [6, 6.07) is 1.54. The Labute approximate surface area is 81.1 Å². The lowest BCUT2D eigenvalue weighted by molar-refractivity contribution is 0.603. The van der Waals surface area contributed by atoms with Crippen LogP contribution >= 0.6 is 11.6 Å². The molecule has 0 spiro atoms. The minimum absolute atomic E-state index is 0.0691. The first-order valence-corrected chi connectivity index (χ1v) is 5.23. The Kier molecular flexibility index (Phi) is 2.74.